The molecule has 4 heteroatoms. The monoisotopic (exact) mass is 406 g/mol. The minimum atomic E-state index is -0.124. The minimum Gasteiger partial charge on any atom is -0.279 e. The zero-order valence-corrected chi connectivity index (χ0v) is 17.8. The van der Waals surface area contributed by atoms with Gasteiger partial charge in [0.1, 0.15) is 5.82 Å². The van der Waals surface area contributed by atoms with Gasteiger partial charge in [-0.05, 0) is 42.5 Å². The van der Waals surface area contributed by atoms with E-state index in [0.717, 1.165) is 25.2 Å². The number of thioether (sulfide) groups is 1. The third-order valence-electron chi connectivity index (χ3n) is 5.58. The SMILES string of the molecule is CSc1ccc([C@@H]2N(Cc3cccc(C)c3)CCN2Cc2ccccc2F)cc1. The highest BCUT2D eigenvalue weighted by atomic mass is 32.2. The minimum absolute atomic E-state index is 0.124. The van der Waals surface area contributed by atoms with Crippen LogP contribution in [0.25, 0.3) is 0 Å². The molecule has 0 radical (unpaired) electrons. The van der Waals surface area contributed by atoms with Crippen molar-refractivity contribution in [1.82, 2.24) is 9.80 Å². The summed E-state index contributed by atoms with van der Waals surface area (Å²) in [5.74, 6) is -0.124. The summed E-state index contributed by atoms with van der Waals surface area (Å²) in [6.07, 6.45) is 2.24. The van der Waals surface area contributed by atoms with Gasteiger partial charge in [0.15, 0.2) is 0 Å². The molecule has 1 fully saturated rings. The first-order valence-electron chi connectivity index (χ1n) is 10.0. The largest absolute Gasteiger partial charge is 0.279 e. The smallest absolute Gasteiger partial charge is 0.127 e. The summed E-state index contributed by atoms with van der Waals surface area (Å²) in [6.45, 7) is 5.54. The molecular weight excluding hydrogens is 379 g/mol. The van der Waals surface area contributed by atoms with Crippen molar-refractivity contribution < 1.29 is 4.39 Å². The number of rotatable bonds is 6. The lowest BCUT2D eigenvalue weighted by Crippen LogP contribution is -2.30. The van der Waals surface area contributed by atoms with Crippen LogP contribution < -0.4 is 0 Å². The summed E-state index contributed by atoms with van der Waals surface area (Å²) < 4.78 is 14.3. The Morgan fingerprint density at radius 1 is 0.897 bits per heavy atom. The van der Waals surface area contributed by atoms with Gasteiger partial charge in [-0.25, -0.2) is 4.39 Å². The second-order valence-electron chi connectivity index (χ2n) is 7.67. The molecule has 0 amide bonds. The molecule has 0 N–H and O–H groups in total. The number of halogens is 1. The van der Waals surface area contributed by atoms with Crippen LogP contribution >= 0.6 is 11.8 Å². The van der Waals surface area contributed by atoms with Crippen molar-refractivity contribution in [1.29, 1.82) is 0 Å². The van der Waals surface area contributed by atoms with Crippen LogP contribution in [0.2, 0.25) is 0 Å². The topological polar surface area (TPSA) is 6.48 Å². The molecule has 0 spiro atoms. The molecule has 1 atom stereocenters. The standard InChI is InChI=1S/C25H27FN2S/c1-19-6-5-7-20(16-19)17-27-14-15-28(18-22-8-3-4-9-24(22)26)25(27)21-10-12-23(29-2)13-11-21/h3-13,16,25H,14-15,17-18H2,1-2H3/t25-/m1/s1. The van der Waals surface area contributed by atoms with Crippen molar-refractivity contribution in [2.75, 3.05) is 19.3 Å². The first-order chi connectivity index (χ1) is 14.1. The average Bonchev–Trinajstić information content (AvgIpc) is 3.12. The second kappa shape index (κ2) is 9.12. The van der Waals surface area contributed by atoms with Crippen LogP contribution in [0.4, 0.5) is 4.39 Å². The van der Waals surface area contributed by atoms with E-state index in [-0.39, 0.29) is 12.0 Å². The van der Waals surface area contributed by atoms with Gasteiger partial charge in [0, 0.05) is 36.6 Å². The number of aryl methyl sites for hydroxylation is 1. The molecule has 0 unspecified atom stereocenters. The molecule has 150 valence electrons. The fourth-order valence-corrected chi connectivity index (χ4v) is 4.56. The van der Waals surface area contributed by atoms with Crippen molar-refractivity contribution in [3.05, 3.63) is 101 Å². The van der Waals surface area contributed by atoms with Crippen LogP contribution in [-0.2, 0) is 13.1 Å². The quantitative estimate of drug-likeness (QED) is 0.473. The molecule has 0 saturated carbocycles. The molecule has 0 bridgehead atoms. The fourth-order valence-electron chi connectivity index (χ4n) is 4.15. The predicted octanol–water partition coefficient (Wildman–Crippen LogP) is 5.87. The summed E-state index contributed by atoms with van der Waals surface area (Å²) in [5.41, 5.74) is 4.63. The lowest BCUT2D eigenvalue weighted by Gasteiger charge is -2.31. The Morgan fingerprint density at radius 3 is 2.31 bits per heavy atom. The third-order valence-corrected chi connectivity index (χ3v) is 6.32. The third kappa shape index (κ3) is 4.72. The molecule has 2 nitrogen and oxygen atoms in total. The molecule has 1 saturated heterocycles. The number of hydrogen-bond donors (Lipinski definition) is 0. The van der Waals surface area contributed by atoms with Gasteiger partial charge in [-0.3, -0.25) is 9.80 Å². The van der Waals surface area contributed by atoms with Gasteiger partial charge in [0.05, 0.1) is 6.17 Å². The summed E-state index contributed by atoms with van der Waals surface area (Å²) in [5, 5.41) is 0. The summed E-state index contributed by atoms with van der Waals surface area (Å²) >= 11 is 1.75. The van der Waals surface area contributed by atoms with Gasteiger partial charge in [-0.1, -0.05) is 60.2 Å². The summed E-state index contributed by atoms with van der Waals surface area (Å²) in [7, 11) is 0. The Bertz CT molecular complexity index is 957. The van der Waals surface area contributed by atoms with Crippen molar-refractivity contribution in [2.24, 2.45) is 0 Å². The van der Waals surface area contributed by atoms with Crippen LogP contribution in [0.15, 0.2) is 77.7 Å². The Labute approximate surface area is 177 Å². The lowest BCUT2D eigenvalue weighted by molar-refractivity contribution is 0.124. The number of nitrogens with zero attached hydrogens (tertiary/aromatic N) is 2. The highest BCUT2D eigenvalue weighted by molar-refractivity contribution is 7.98. The lowest BCUT2D eigenvalue weighted by atomic mass is 10.1. The van der Waals surface area contributed by atoms with E-state index in [4.69, 9.17) is 0 Å². The molecule has 3 aromatic rings. The molecular formula is C25H27FN2S. The zero-order valence-electron chi connectivity index (χ0n) is 17.0. The maximum atomic E-state index is 14.3. The molecule has 29 heavy (non-hydrogen) atoms. The van der Waals surface area contributed by atoms with Crippen molar-refractivity contribution in [2.45, 2.75) is 31.1 Å². The van der Waals surface area contributed by atoms with Gasteiger partial charge < -0.3 is 0 Å². The van der Waals surface area contributed by atoms with Crippen LogP contribution in [0.5, 0.6) is 0 Å². The molecule has 0 aromatic heterocycles. The van der Waals surface area contributed by atoms with Crippen LogP contribution in [0, 0.1) is 12.7 Å². The van der Waals surface area contributed by atoms with E-state index in [9.17, 15) is 4.39 Å². The predicted molar refractivity (Wildman–Crippen MR) is 119 cm³/mol. The first kappa shape index (κ1) is 20.1. The van der Waals surface area contributed by atoms with E-state index in [0.29, 0.717) is 6.54 Å². The maximum absolute atomic E-state index is 14.3. The van der Waals surface area contributed by atoms with E-state index in [1.165, 1.54) is 21.6 Å². The number of hydrogen-bond acceptors (Lipinski definition) is 3. The zero-order chi connectivity index (χ0) is 20.2. The molecule has 3 aromatic carbocycles. The van der Waals surface area contributed by atoms with E-state index < -0.39 is 0 Å². The van der Waals surface area contributed by atoms with Crippen LogP contribution in [0.3, 0.4) is 0 Å². The van der Waals surface area contributed by atoms with Crippen molar-refractivity contribution >= 4 is 11.8 Å². The summed E-state index contributed by atoms with van der Waals surface area (Å²) in [6, 6.07) is 24.6. The van der Waals surface area contributed by atoms with Gasteiger partial charge in [0.2, 0.25) is 0 Å². The Hall–Kier alpha value is -2.14. The Kier molecular flexibility index (Phi) is 6.34. The van der Waals surface area contributed by atoms with Gasteiger partial charge in [0.25, 0.3) is 0 Å². The molecule has 1 aliphatic rings. The normalized spacial score (nSPS) is 17.7. The van der Waals surface area contributed by atoms with E-state index >= 15 is 0 Å². The van der Waals surface area contributed by atoms with Crippen molar-refractivity contribution in [3.63, 3.8) is 0 Å². The second-order valence-corrected chi connectivity index (χ2v) is 8.55. The molecule has 0 aliphatic carbocycles. The Balaban J connectivity index is 1.62. The van der Waals surface area contributed by atoms with Gasteiger partial charge in [-0.2, -0.15) is 0 Å². The average molecular weight is 407 g/mol. The molecule has 1 aliphatic heterocycles. The van der Waals surface area contributed by atoms with Gasteiger partial charge >= 0.3 is 0 Å². The van der Waals surface area contributed by atoms with Crippen LogP contribution in [0.1, 0.15) is 28.4 Å². The van der Waals surface area contributed by atoms with E-state index in [2.05, 4.69) is 71.5 Å². The van der Waals surface area contributed by atoms with E-state index in [1.807, 2.05) is 12.1 Å². The van der Waals surface area contributed by atoms with Crippen molar-refractivity contribution in [3.8, 4) is 0 Å². The Morgan fingerprint density at radius 2 is 1.62 bits per heavy atom. The molecule has 1 heterocycles. The highest BCUT2D eigenvalue weighted by Crippen LogP contribution is 2.34. The summed E-state index contributed by atoms with van der Waals surface area (Å²) in [4.78, 5) is 6.16. The fraction of sp³-hybridized carbons (Fsp3) is 0.280. The number of benzene rings is 3. The maximum Gasteiger partial charge on any atom is 0.127 e. The molecule has 4 rings (SSSR count). The van der Waals surface area contributed by atoms with Crippen LogP contribution in [-0.4, -0.2) is 29.1 Å². The van der Waals surface area contributed by atoms with Gasteiger partial charge in [-0.15, -0.1) is 11.8 Å². The highest BCUT2D eigenvalue weighted by Gasteiger charge is 2.33. The first-order valence-corrected chi connectivity index (χ1v) is 11.3. The van der Waals surface area contributed by atoms with E-state index in [1.54, 1.807) is 23.9 Å².